The molecule has 1 atom stereocenters. The molecule has 0 radical (unpaired) electrons. The number of nitrogen functional groups attached to an aromatic ring is 1. The minimum absolute atomic E-state index is 0.367. The van der Waals surface area contributed by atoms with Crippen LogP contribution in [0, 0.1) is 6.92 Å². The van der Waals surface area contributed by atoms with Gasteiger partial charge in [0.25, 0.3) is 0 Å². The summed E-state index contributed by atoms with van der Waals surface area (Å²) in [5.74, 6) is -0.373. The van der Waals surface area contributed by atoms with Gasteiger partial charge in [-0.2, -0.15) is 0 Å². The van der Waals surface area contributed by atoms with Gasteiger partial charge in [-0.1, -0.05) is 42.5 Å². The summed E-state index contributed by atoms with van der Waals surface area (Å²) in [6.45, 7) is 1.83. The Bertz CT molecular complexity index is 564. The van der Waals surface area contributed by atoms with Crippen LogP contribution in [0.2, 0.25) is 0 Å². The van der Waals surface area contributed by atoms with Crippen molar-refractivity contribution in [1.29, 1.82) is 0 Å². The van der Waals surface area contributed by atoms with E-state index in [0.29, 0.717) is 16.8 Å². The van der Waals surface area contributed by atoms with E-state index in [1.807, 2.05) is 19.1 Å². The lowest BCUT2D eigenvalue weighted by Crippen LogP contribution is -2.14. The van der Waals surface area contributed by atoms with Crippen molar-refractivity contribution in [2.24, 2.45) is 0 Å². The second-order valence-corrected chi connectivity index (χ2v) is 4.21. The van der Waals surface area contributed by atoms with Crippen LogP contribution in [0.4, 0.5) is 5.69 Å². The second-order valence-electron chi connectivity index (χ2n) is 4.21. The molecule has 0 fully saturated rings. The van der Waals surface area contributed by atoms with Crippen LogP contribution in [-0.2, 0) is 0 Å². The zero-order valence-corrected chi connectivity index (χ0v) is 10.1. The van der Waals surface area contributed by atoms with Crippen LogP contribution >= 0.6 is 0 Å². The minimum Gasteiger partial charge on any atom is -0.398 e. The Morgan fingerprint density at radius 2 is 1.78 bits per heavy atom. The first kappa shape index (κ1) is 12.3. The molecule has 3 nitrogen and oxygen atoms in total. The fourth-order valence-electron chi connectivity index (χ4n) is 1.83. The molecule has 0 saturated carbocycles. The predicted molar refractivity (Wildman–Crippen MR) is 71.3 cm³/mol. The van der Waals surface area contributed by atoms with Crippen molar-refractivity contribution in [3.8, 4) is 0 Å². The number of nitrogens with two attached hydrogens (primary N) is 1. The molecule has 2 aromatic carbocycles. The van der Waals surface area contributed by atoms with Crippen molar-refractivity contribution >= 4 is 11.5 Å². The highest BCUT2D eigenvalue weighted by Gasteiger charge is 2.21. The average molecular weight is 241 g/mol. The Hall–Kier alpha value is -2.13. The number of para-hydroxylation sites is 1. The van der Waals surface area contributed by atoms with E-state index in [1.165, 1.54) is 0 Å². The van der Waals surface area contributed by atoms with E-state index in [2.05, 4.69) is 0 Å². The Kier molecular flexibility index (Phi) is 3.44. The van der Waals surface area contributed by atoms with Gasteiger partial charge in [0, 0.05) is 11.3 Å². The Morgan fingerprint density at radius 1 is 1.11 bits per heavy atom. The molecule has 18 heavy (non-hydrogen) atoms. The van der Waals surface area contributed by atoms with Gasteiger partial charge >= 0.3 is 0 Å². The zero-order valence-electron chi connectivity index (χ0n) is 10.1. The lowest BCUT2D eigenvalue weighted by molar-refractivity contribution is 0.0748. The number of carbonyl (C=O) groups excluding carboxylic acids is 1. The molecule has 92 valence electrons. The first-order chi connectivity index (χ1) is 8.61. The van der Waals surface area contributed by atoms with Crippen molar-refractivity contribution in [2.45, 2.75) is 13.0 Å². The summed E-state index contributed by atoms with van der Waals surface area (Å²) in [5.41, 5.74) is 8.07. The number of aliphatic hydroxyl groups excluding tert-OH is 1. The average Bonchev–Trinajstić information content (AvgIpc) is 2.41. The van der Waals surface area contributed by atoms with Gasteiger partial charge in [-0.15, -0.1) is 0 Å². The number of rotatable bonds is 3. The van der Waals surface area contributed by atoms with Gasteiger partial charge in [-0.25, -0.2) is 0 Å². The van der Waals surface area contributed by atoms with E-state index in [1.54, 1.807) is 36.4 Å². The molecule has 0 aliphatic rings. The minimum atomic E-state index is -1.17. The van der Waals surface area contributed by atoms with Crippen LogP contribution in [-0.4, -0.2) is 10.9 Å². The molecule has 0 spiro atoms. The summed E-state index contributed by atoms with van der Waals surface area (Å²) < 4.78 is 0. The quantitative estimate of drug-likeness (QED) is 0.641. The number of anilines is 1. The third-order valence-electron chi connectivity index (χ3n) is 2.95. The van der Waals surface area contributed by atoms with E-state index < -0.39 is 6.10 Å². The summed E-state index contributed by atoms with van der Waals surface area (Å²) >= 11 is 0. The number of carbonyl (C=O) groups is 1. The molecule has 2 rings (SSSR count). The van der Waals surface area contributed by atoms with E-state index >= 15 is 0 Å². The Balaban J connectivity index is 2.35. The lowest BCUT2D eigenvalue weighted by atomic mass is 9.97. The van der Waals surface area contributed by atoms with E-state index in [4.69, 9.17) is 5.73 Å². The predicted octanol–water partition coefficient (Wildman–Crippen LogP) is 2.49. The van der Waals surface area contributed by atoms with Gasteiger partial charge < -0.3 is 10.8 Å². The smallest absolute Gasteiger partial charge is 0.197 e. The van der Waals surface area contributed by atoms with Crippen molar-refractivity contribution in [3.05, 3.63) is 65.2 Å². The largest absolute Gasteiger partial charge is 0.398 e. The van der Waals surface area contributed by atoms with Crippen molar-refractivity contribution < 1.29 is 9.90 Å². The highest BCUT2D eigenvalue weighted by atomic mass is 16.3. The molecule has 0 heterocycles. The van der Waals surface area contributed by atoms with Crippen LogP contribution in [0.25, 0.3) is 0 Å². The summed E-state index contributed by atoms with van der Waals surface area (Å²) in [4.78, 5) is 12.2. The summed E-state index contributed by atoms with van der Waals surface area (Å²) in [5, 5.41) is 10.1. The van der Waals surface area contributed by atoms with Gasteiger partial charge in [-0.3, -0.25) is 4.79 Å². The maximum atomic E-state index is 12.2. The number of ketones is 1. The molecule has 0 aromatic heterocycles. The normalized spacial score (nSPS) is 12.1. The molecule has 0 aliphatic carbocycles. The summed E-state index contributed by atoms with van der Waals surface area (Å²) in [6, 6.07) is 14.1. The van der Waals surface area contributed by atoms with Gasteiger partial charge in [-0.05, 0) is 24.1 Å². The first-order valence-corrected chi connectivity index (χ1v) is 5.73. The third kappa shape index (κ3) is 2.26. The Morgan fingerprint density at radius 3 is 2.44 bits per heavy atom. The molecule has 3 N–H and O–H groups in total. The maximum Gasteiger partial charge on any atom is 0.197 e. The van der Waals surface area contributed by atoms with Crippen LogP contribution in [0.3, 0.4) is 0 Å². The summed E-state index contributed by atoms with van der Waals surface area (Å²) in [7, 11) is 0. The number of benzene rings is 2. The molecule has 0 amide bonds. The van der Waals surface area contributed by atoms with Crippen molar-refractivity contribution in [3.63, 3.8) is 0 Å². The van der Waals surface area contributed by atoms with Gasteiger partial charge in [0.1, 0.15) is 6.10 Å². The second kappa shape index (κ2) is 5.02. The SMILES string of the molecule is Cc1cccc(C(=O)C(O)c2ccccc2)c1N. The van der Waals surface area contributed by atoms with Crippen LogP contribution in [0.1, 0.15) is 27.6 Å². The molecular formula is C15H15NO2. The van der Waals surface area contributed by atoms with Gasteiger partial charge in [0.05, 0.1) is 0 Å². The molecule has 0 saturated heterocycles. The van der Waals surface area contributed by atoms with Crippen molar-refractivity contribution in [1.82, 2.24) is 0 Å². The van der Waals surface area contributed by atoms with E-state index in [-0.39, 0.29) is 5.78 Å². The number of hydrogen-bond donors (Lipinski definition) is 2. The molecular weight excluding hydrogens is 226 g/mol. The first-order valence-electron chi connectivity index (χ1n) is 5.73. The van der Waals surface area contributed by atoms with Gasteiger partial charge in [0.2, 0.25) is 0 Å². The zero-order chi connectivity index (χ0) is 13.1. The number of aliphatic hydroxyl groups is 1. The van der Waals surface area contributed by atoms with Crippen molar-refractivity contribution in [2.75, 3.05) is 5.73 Å². The van der Waals surface area contributed by atoms with E-state index in [9.17, 15) is 9.90 Å². The van der Waals surface area contributed by atoms with Crippen LogP contribution in [0.15, 0.2) is 48.5 Å². The molecule has 2 aromatic rings. The lowest BCUT2D eigenvalue weighted by Gasteiger charge is -2.12. The highest BCUT2D eigenvalue weighted by Crippen LogP contribution is 2.23. The molecule has 1 unspecified atom stereocenters. The molecule has 3 heteroatoms. The number of Topliss-reactive ketones (excluding diaryl/α,β-unsaturated/α-hetero) is 1. The fourth-order valence-corrected chi connectivity index (χ4v) is 1.83. The number of hydrogen-bond acceptors (Lipinski definition) is 3. The monoisotopic (exact) mass is 241 g/mol. The number of aryl methyl sites for hydroxylation is 1. The molecule has 0 aliphatic heterocycles. The van der Waals surface area contributed by atoms with Crippen LogP contribution in [0.5, 0.6) is 0 Å². The highest BCUT2D eigenvalue weighted by molar-refractivity contribution is 6.04. The van der Waals surface area contributed by atoms with Gasteiger partial charge in [0.15, 0.2) is 5.78 Å². The fraction of sp³-hybridized carbons (Fsp3) is 0.133. The maximum absolute atomic E-state index is 12.2. The standard InChI is InChI=1S/C15H15NO2/c1-10-6-5-9-12(13(10)16)15(18)14(17)11-7-3-2-4-8-11/h2-9,14,17H,16H2,1H3. The van der Waals surface area contributed by atoms with Crippen LogP contribution < -0.4 is 5.73 Å². The topological polar surface area (TPSA) is 63.3 Å². The Labute approximate surface area is 106 Å². The third-order valence-corrected chi connectivity index (χ3v) is 2.95. The molecule has 0 bridgehead atoms. The summed E-state index contributed by atoms with van der Waals surface area (Å²) in [6.07, 6.45) is -1.17. The van der Waals surface area contributed by atoms with E-state index in [0.717, 1.165) is 5.56 Å².